The van der Waals surface area contributed by atoms with Crippen LogP contribution in [0, 0.1) is 5.92 Å². The van der Waals surface area contributed by atoms with Gasteiger partial charge in [0.25, 0.3) is 0 Å². The van der Waals surface area contributed by atoms with Gasteiger partial charge in [-0.15, -0.1) is 0 Å². The number of para-hydroxylation sites is 2. The Kier molecular flexibility index (Phi) is 7.37. The summed E-state index contributed by atoms with van der Waals surface area (Å²) in [5, 5.41) is 2.84. The van der Waals surface area contributed by atoms with Crippen LogP contribution in [0.2, 0.25) is 0 Å². The van der Waals surface area contributed by atoms with Crippen LogP contribution in [0.1, 0.15) is 39.0 Å². The molecule has 0 bridgehead atoms. The number of hydrogen-bond acceptors (Lipinski definition) is 4. The fourth-order valence-electron chi connectivity index (χ4n) is 3.19. The van der Waals surface area contributed by atoms with Gasteiger partial charge in [-0.2, -0.15) is 0 Å². The predicted octanol–water partition coefficient (Wildman–Crippen LogP) is 4.14. The predicted molar refractivity (Wildman–Crippen MR) is 96.6 cm³/mol. The number of ether oxygens (including phenoxy) is 2. The Morgan fingerprint density at radius 1 is 1.25 bits per heavy atom. The summed E-state index contributed by atoms with van der Waals surface area (Å²) in [4.78, 5) is 14.5. The van der Waals surface area contributed by atoms with E-state index in [1.165, 1.54) is 6.42 Å². The molecule has 1 amide bonds. The van der Waals surface area contributed by atoms with E-state index in [1.54, 1.807) is 0 Å². The first kappa shape index (κ1) is 18.6. The molecule has 0 unspecified atom stereocenters. The van der Waals surface area contributed by atoms with Gasteiger partial charge in [-0.05, 0) is 51.9 Å². The van der Waals surface area contributed by atoms with Crippen molar-refractivity contribution in [1.29, 1.82) is 0 Å². The Balaban J connectivity index is 1.94. The third kappa shape index (κ3) is 5.71. The van der Waals surface area contributed by atoms with Crippen LogP contribution in [0.5, 0.6) is 5.75 Å². The molecule has 1 aliphatic carbocycles. The molecule has 0 aliphatic heterocycles. The molecule has 0 spiro atoms. The minimum absolute atomic E-state index is 0.00938. The highest BCUT2D eigenvalue weighted by atomic mass is 16.6. The molecule has 0 heterocycles. The van der Waals surface area contributed by atoms with Crippen LogP contribution in [0.3, 0.4) is 0 Å². The maximum Gasteiger partial charge on any atom is 0.412 e. The second-order valence-corrected chi connectivity index (χ2v) is 6.72. The molecule has 0 aromatic heterocycles. The molecule has 1 N–H and O–H groups in total. The van der Waals surface area contributed by atoms with Gasteiger partial charge in [0, 0.05) is 12.5 Å². The van der Waals surface area contributed by atoms with Gasteiger partial charge in [-0.25, -0.2) is 4.79 Å². The number of rotatable bonds is 7. The van der Waals surface area contributed by atoms with Gasteiger partial charge in [0.15, 0.2) is 0 Å². The second kappa shape index (κ2) is 9.52. The first-order valence-electron chi connectivity index (χ1n) is 8.94. The number of hydrogen-bond donors (Lipinski definition) is 1. The smallest absolute Gasteiger partial charge is 0.412 e. The number of benzene rings is 1. The van der Waals surface area contributed by atoms with Gasteiger partial charge in [-0.1, -0.05) is 25.5 Å². The number of amides is 1. The number of carbonyl (C=O) groups is 1. The maximum absolute atomic E-state index is 12.3. The first-order valence-corrected chi connectivity index (χ1v) is 8.94. The average molecular weight is 334 g/mol. The van der Waals surface area contributed by atoms with Gasteiger partial charge in [0.1, 0.15) is 11.9 Å². The number of nitrogens with zero attached hydrogens (tertiary/aromatic N) is 1. The van der Waals surface area contributed by atoms with Crippen LogP contribution >= 0.6 is 0 Å². The maximum atomic E-state index is 12.3. The Hall–Kier alpha value is -1.75. The number of anilines is 1. The number of nitrogens with one attached hydrogen (secondary N) is 1. The van der Waals surface area contributed by atoms with E-state index in [4.69, 9.17) is 9.47 Å². The zero-order chi connectivity index (χ0) is 17.4. The summed E-state index contributed by atoms with van der Waals surface area (Å²) >= 11 is 0. The molecule has 24 heavy (non-hydrogen) atoms. The molecule has 1 aliphatic rings. The van der Waals surface area contributed by atoms with Crippen molar-refractivity contribution in [3.05, 3.63) is 24.3 Å². The summed E-state index contributed by atoms with van der Waals surface area (Å²) in [5.41, 5.74) is 0.663. The van der Waals surface area contributed by atoms with Crippen molar-refractivity contribution in [2.45, 2.75) is 45.1 Å². The van der Waals surface area contributed by atoms with E-state index in [-0.39, 0.29) is 6.10 Å². The van der Waals surface area contributed by atoms with Crippen molar-refractivity contribution in [2.75, 3.05) is 32.6 Å². The monoisotopic (exact) mass is 334 g/mol. The van der Waals surface area contributed by atoms with Crippen molar-refractivity contribution in [3.8, 4) is 5.75 Å². The fraction of sp³-hybridized carbons (Fsp3) is 0.632. The molecule has 1 aromatic carbocycles. The molecular weight excluding hydrogens is 304 g/mol. The molecule has 1 aromatic rings. The highest BCUT2D eigenvalue weighted by Crippen LogP contribution is 2.29. The quantitative estimate of drug-likeness (QED) is 0.814. The van der Waals surface area contributed by atoms with Crippen LogP contribution < -0.4 is 10.1 Å². The van der Waals surface area contributed by atoms with E-state index in [0.29, 0.717) is 24.0 Å². The van der Waals surface area contributed by atoms with Crippen LogP contribution in [-0.2, 0) is 4.74 Å². The molecule has 5 nitrogen and oxygen atoms in total. The molecular formula is C19H30N2O3. The van der Waals surface area contributed by atoms with Gasteiger partial charge >= 0.3 is 6.09 Å². The van der Waals surface area contributed by atoms with E-state index in [2.05, 4.69) is 31.2 Å². The summed E-state index contributed by atoms with van der Waals surface area (Å²) in [7, 11) is 4.13. The van der Waals surface area contributed by atoms with E-state index >= 15 is 0 Å². The summed E-state index contributed by atoms with van der Waals surface area (Å²) in [5.74, 6) is 1.09. The Labute approximate surface area is 145 Å². The first-order chi connectivity index (χ1) is 11.6. The van der Waals surface area contributed by atoms with Crippen LogP contribution in [-0.4, -0.2) is 44.3 Å². The van der Waals surface area contributed by atoms with Crippen LogP contribution in [0.4, 0.5) is 10.5 Å². The number of carbonyl (C=O) groups excluding carboxylic acids is 1. The summed E-state index contributed by atoms with van der Waals surface area (Å²) in [6, 6.07) is 7.48. The molecule has 1 fully saturated rings. The normalized spacial score (nSPS) is 20.7. The lowest BCUT2D eigenvalue weighted by atomic mass is 9.86. The van der Waals surface area contributed by atoms with Gasteiger partial charge < -0.3 is 14.4 Å². The molecule has 134 valence electrons. The average Bonchev–Trinajstić information content (AvgIpc) is 2.55. The highest BCUT2D eigenvalue weighted by molar-refractivity contribution is 5.86. The lowest BCUT2D eigenvalue weighted by Gasteiger charge is -2.32. The van der Waals surface area contributed by atoms with E-state index in [9.17, 15) is 4.79 Å². The zero-order valence-electron chi connectivity index (χ0n) is 15.1. The highest BCUT2D eigenvalue weighted by Gasteiger charge is 2.28. The lowest BCUT2D eigenvalue weighted by molar-refractivity contribution is 0.0357. The van der Waals surface area contributed by atoms with Gasteiger partial charge in [0.05, 0.1) is 12.3 Å². The van der Waals surface area contributed by atoms with Crippen LogP contribution in [0.15, 0.2) is 24.3 Å². The SMILES string of the molecule is CCCOc1ccccc1NC(=O)O[C@@H]1CCCC[C@H]1CN(C)C. The van der Waals surface area contributed by atoms with E-state index < -0.39 is 6.09 Å². The molecule has 2 atom stereocenters. The third-order valence-corrected chi connectivity index (χ3v) is 4.28. The Morgan fingerprint density at radius 3 is 2.75 bits per heavy atom. The summed E-state index contributed by atoms with van der Waals surface area (Å²) in [6.07, 6.45) is 4.92. The second-order valence-electron chi connectivity index (χ2n) is 6.72. The summed E-state index contributed by atoms with van der Waals surface area (Å²) in [6.45, 7) is 3.63. The lowest BCUT2D eigenvalue weighted by Crippen LogP contribution is -2.37. The van der Waals surface area contributed by atoms with Gasteiger partial charge in [-0.3, -0.25) is 5.32 Å². The van der Waals surface area contributed by atoms with Crippen molar-refractivity contribution in [2.24, 2.45) is 5.92 Å². The van der Waals surface area contributed by atoms with Crippen molar-refractivity contribution in [3.63, 3.8) is 0 Å². The molecule has 5 heteroatoms. The van der Waals surface area contributed by atoms with Crippen molar-refractivity contribution >= 4 is 11.8 Å². The zero-order valence-corrected chi connectivity index (χ0v) is 15.1. The molecule has 1 saturated carbocycles. The Bertz CT molecular complexity index is 519. The minimum Gasteiger partial charge on any atom is -0.491 e. The van der Waals surface area contributed by atoms with Gasteiger partial charge in [0.2, 0.25) is 0 Å². The summed E-state index contributed by atoms with van der Waals surface area (Å²) < 4.78 is 11.4. The largest absolute Gasteiger partial charge is 0.491 e. The Morgan fingerprint density at radius 2 is 2.00 bits per heavy atom. The standard InChI is InChI=1S/C19H30N2O3/c1-4-13-23-18-12-8-6-10-16(18)20-19(22)24-17-11-7-5-9-15(17)14-21(2)3/h6,8,10,12,15,17H,4-5,7,9,11,13-14H2,1-3H3,(H,20,22)/t15-,17+/m0/s1. The molecule has 0 radical (unpaired) electrons. The van der Waals surface area contributed by atoms with Crippen LogP contribution in [0.25, 0.3) is 0 Å². The van der Waals surface area contributed by atoms with E-state index in [1.807, 2.05) is 24.3 Å². The van der Waals surface area contributed by atoms with E-state index in [0.717, 1.165) is 32.2 Å². The third-order valence-electron chi connectivity index (χ3n) is 4.28. The fourth-order valence-corrected chi connectivity index (χ4v) is 3.19. The topological polar surface area (TPSA) is 50.8 Å². The van der Waals surface area contributed by atoms with Crippen molar-refractivity contribution < 1.29 is 14.3 Å². The minimum atomic E-state index is -0.391. The van der Waals surface area contributed by atoms with Crippen molar-refractivity contribution in [1.82, 2.24) is 4.90 Å². The molecule has 2 rings (SSSR count). The molecule has 0 saturated heterocycles.